The highest BCUT2D eigenvalue weighted by Gasteiger charge is 2.32. The minimum atomic E-state index is -0.158. The van der Waals surface area contributed by atoms with Gasteiger partial charge in [0, 0.05) is 12.1 Å². The van der Waals surface area contributed by atoms with E-state index in [1.165, 1.54) is 16.7 Å². The summed E-state index contributed by atoms with van der Waals surface area (Å²) in [5.41, 5.74) is 0.744. The van der Waals surface area contributed by atoms with Gasteiger partial charge in [0.1, 0.15) is 27.3 Å². The lowest BCUT2D eigenvalue weighted by Crippen LogP contribution is -2.33. The van der Waals surface area contributed by atoms with Gasteiger partial charge in [-0.1, -0.05) is 24.0 Å². The van der Waals surface area contributed by atoms with Crippen LogP contribution >= 0.6 is 24.0 Å². The second kappa shape index (κ2) is 7.84. The van der Waals surface area contributed by atoms with Gasteiger partial charge in [0.05, 0.1) is 31.5 Å². The standard InChI is InChI=1S/C18H18N2O4S2/c1-11-4-5-13(24-11)9-16-17(21)20(18(25)26-16)10-19-14-7-6-12(22-2)8-15(14)23-3/h4-9,19H,10H2,1-3H3/b16-9-. The number of thioether (sulfide) groups is 1. The lowest BCUT2D eigenvalue weighted by molar-refractivity contribution is -0.121. The fourth-order valence-electron chi connectivity index (χ4n) is 2.41. The molecule has 136 valence electrons. The van der Waals surface area contributed by atoms with Crippen molar-refractivity contribution < 1.29 is 18.7 Å². The van der Waals surface area contributed by atoms with Crippen LogP contribution < -0.4 is 14.8 Å². The molecular formula is C18H18N2O4S2. The maximum atomic E-state index is 12.6. The van der Waals surface area contributed by atoms with Gasteiger partial charge >= 0.3 is 0 Å². The normalized spacial score (nSPS) is 15.7. The summed E-state index contributed by atoms with van der Waals surface area (Å²) in [6, 6.07) is 9.09. The van der Waals surface area contributed by atoms with Crippen molar-refractivity contribution in [3.63, 3.8) is 0 Å². The molecule has 26 heavy (non-hydrogen) atoms. The van der Waals surface area contributed by atoms with Crippen LogP contribution in [0.1, 0.15) is 11.5 Å². The number of ether oxygens (including phenoxy) is 2. The van der Waals surface area contributed by atoms with Crippen LogP contribution in [-0.2, 0) is 4.79 Å². The zero-order valence-electron chi connectivity index (χ0n) is 14.6. The van der Waals surface area contributed by atoms with Crippen molar-refractivity contribution in [2.24, 2.45) is 0 Å². The van der Waals surface area contributed by atoms with E-state index in [4.69, 9.17) is 26.1 Å². The molecule has 0 spiro atoms. The van der Waals surface area contributed by atoms with E-state index in [0.29, 0.717) is 26.5 Å². The van der Waals surface area contributed by atoms with Gasteiger partial charge in [0.15, 0.2) is 0 Å². The van der Waals surface area contributed by atoms with Crippen molar-refractivity contribution in [1.29, 1.82) is 0 Å². The Bertz CT molecular complexity index is 876. The fourth-order valence-corrected chi connectivity index (χ4v) is 3.64. The number of nitrogens with zero attached hydrogens (tertiary/aromatic N) is 1. The summed E-state index contributed by atoms with van der Waals surface area (Å²) in [5.74, 6) is 2.58. The second-order valence-electron chi connectivity index (χ2n) is 5.46. The van der Waals surface area contributed by atoms with Gasteiger partial charge in [-0.15, -0.1) is 0 Å². The number of hydrogen-bond donors (Lipinski definition) is 1. The Hall–Kier alpha value is -2.45. The molecule has 1 aromatic heterocycles. The first kappa shape index (κ1) is 18.3. The molecule has 1 aliphatic heterocycles. The predicted molar refractivity (Wildman–Crippen MR) is 106 cm³/mol. The summed E-state index contributed by atoms with van der Waals surface area (Å²) < 4.78 is 16.5. The van der Waals surface area contributed by atoms with Crippen LogP contribution in [0.2, 0.25) is 0 Å². The predicted octanol–water partition coefficient (Wildman–Crippen LogP) is 3.88. The van der Waals surface area contributed by atoms with E-state index >= 15 is 0 Å². The molecule has 1 N–H and O–H groups in total. The molecule has 0 bridgehead atoms. The molecule has 8 heteroatoms. The summed E-state index contributed by atoms with van der Waals surface area (Å²) in [6.45, 7) is 2.09. The van der Waals surface area contributed by atoms with Crippen LogP contribution in [0.3, 0.4) is 0 Å². The van der Waals surface area contributed by atoms with Crippen LogP contribution in [-0.4, -0.2) is 36.0 Å². The maximum absolute atomic E-state index is 12.6. The number of methoxy groups -OCH3 is 2. The van der Waals surface area contributed by atoms with Gasteiger partial charge in [0.25, 0.3) is 5.91 Å². The van der Waals surface area contributed by atoms with Crippen LogP contribution in [0.5, 0.6) is 11.5 Å². The minimum Gasteiger partial charge on any atom is -0.497 e. The van der Waals surface area contributed by atoms with Crippen LogP contribution in [0.4, 0.5) is 5.69 Å². The van der Waals surface area contributed by atoms with E-state index in [-0.39, 0.29) is 12.6 Å². The summed E-state index contributed by atoms with van der Waals surface area (Å²) in [7, 11) is 3.17. The zero-order chi connectivity index (χ0) is 18.7. The van der Waals surface area contributed by atoms with Crippen molar-refractivity contribution in [1.82, 2.24) is 4.90 Å². The monoisotopic (exact) mass is 390 g/mol. The highest BCUT2D eigenvalue weighted by Crippen LogP contribution is 2.34. The summed E-state index contributed by atoms with van der Waals surface area (Å²) >= 11 is 6.59. The Balaban J connectivity index is 1.71. The van der Waals surface area contributed by atoms with Gasteiger partial charge in [0.2, 0.25) is 0 Å². The quantitative estimate of drug-likeness (QED) is 0.593. The third kappa shape index (κ3) is 3.86. The average molecular weight is 390 g/mol. The molecule has 1 aliphatic rings. The van der Waals surface area contributed by atoms with Crippen molar-refractivity contribution in [3.05, 3.63) is 46.8 Å². The number of anilines is 1. The second-order valence-corrected chi connectivity index (χ2v) is 7.14. The summed E-state index contributed by atoms with van der Waals surface area (Å²) in [5, 5.41) is 3.18. The third-order valence-electron chi connectivity index (χ3n) is 3.74. The van der Waals surface area contributed by atoms with Crippen LogP contribution in [0.15, 0.2) is 39.7 Å². The van der Waals surface area contributed by atoms with Crippen molar-refractivity contribution in [2.75, 3.05) is 26.2 Å². The molecule has 1 fully saturated rings. The van der Waals surface area contributed by atoms with Crippen molar-refractivity contribution in [2.45, 2.75) is 6.92 Å². The first-order valence-electron chi connectivity index (χ1n) is 7.79. The molecule has 1 aromatic carbocycles. The van der Waals surface area contributed by atoms with Crippen molar-refractivity contribution in [3.8, 4) is 11.5 Å². The first-order valence-corrected chi connectivity index (χ1v) is 9.02. The average Bonchev–Trinajstić information content (AvgIpc) is 3.16. The Labute approximate surface area is 161 Å². The lowest BCUT2D eigenvalue weighted by atomic mass is 10.2. The number of amides is 1. The Morgan fingerprint density at radius 2 is 2.08 bits per heavy atom. The van der Waals surface area contributed by atoms with E-state index in [0.717, 1.165) is 11.4 Å². The van der Waals surface area contributed by atoms with Crippen LogP contribution in [0.25, 0.3) is 6.08 Å². The maximum Gasteiger partial charge on any atom is 0.267 e. The SMILES string of the molecule is COc1ccc(NCN2C(=O)/C(=C/c3ccc(C)o3)SC2=S)c(OC)c1. The first-order chi connectivity index (χ1) is 12.5. The molecule has 1 amide bonds. The smallest absolute Gasteiger partial charge is 0.267 e. The van der Waals surface area contributed by atoms with E-state index in [1.807, 2.05) is 31.2 Å². The number of hydrogen-bond acceptors (Lipinski definition) is 7. The zero-order valence-corrected chi connectivity index (χ0v) is 16.2. The van der Waals surface area contributed by atoms with Crippen molar-refractivity contribution >= 4 is 46.0 Å². The molecule has 2 heterocycles. The molecule has 6 nitrogen and oxygen atoms in total. The van der Waals surface area contributed by atoms with E-state index in [1.54, 1.807) is 26.4 Å². The number of aryl methyl sites for hydroxylation is 1. The molecule has 1 saturated heterocycles. The molecule has 0 atom stereocenters. The molecule has 0 saturated carbocycles. The van der Waals surface area contributed by atoms with Crippen LogP contribution in [0, 0.1) is 6.92 Å². The van der Waals surface area contributed by atoms with E-state index in [2.05, 4.69) is 5.32 Å². The topological polar surface area (TPSA) is 63.9 Å². The number of nitrogens with one attached hydrogen (secondary N) is 1. The number of benzene rings is 1. The van der Waals surface area contributed by atoms with E-state index in [9.17, 15) is 4.79 Å². The fraction of sp³-hybridized carbons (Fsp3) is 0.222. The number of furan rings is 1. The minimum absolute atomic E-state index is 0.158. The number of carbonyl (C=O) groups excluding carboxylic acids is 1. The highest BCUT2D eigenvalue weighted by molar-refractivity contribution is 8.26. The Morgan fingerprint density at radius 1 is 1.27 bits per heavy atom. The van der Waals surface area contributed by atoms with Gasteiger partial charge < -0.3 is 19.2 Å². The third-order valence-corrected chi connectivity index (χ3v) is 5.12. The van der Waals surface area contributed by atoms with Gasteiger partial charge in [-0.3, -0.25) is 9.69 Å². The molecule has 3 rings (SSSR count). The Morgan fingerprint density at radius 3 is 2.73 bits per heavy atom. The van der Waals surface area contributed by atoms with Gasteiger partial charge in [-0.05, 0) is 31.2 Å². The lowest BCUT2D eigenvalue weighted by Gasteiger charge is -2.18. The summed E-state index contributed by atoms with van der Waals surface area (Å²) in [4.78, 5) is 14.7. The van der Waals surface area contributed by atoms with E-state index < -0.39 is 0 Å². The Kier molecular flexibility index (Phi) is 5.53. The number of rotatable bonds is 6. The molecule has 2 aromatic rings. The van der Waals surface area contributed by atoms with Gasteiger partial charge in [-0.25, -0.2) is 0 Å². The summed E-state index contributed by atoms with van der Waals surface area (Å²) in [6.07, 6.45) is 1.71. The number of thiocarbonyl (C=S) groups is 1. The number of carbonyl (C=O) groups is 1. The molecule has 0 radical (unpaired) electrons. The largest absolute Gasteiger partial charge is 0.497 e. The highest BCUT2D eigenvalue weighted by atomic mass is 32.2. The molecular weight excluding hydrogens is 372 g/mol. The molecule has 0 aliphatic carbocycles. The molecule has 0 unspecified atom stereocenters. The van der Waals surface area contributed by atoms with Gasteiger partial charge in [-0.2, -0.15) is 0 Å².